The Labute approximate surface area is 182 Å². The van der Waals surface area contributed by atoms with Crippen LogP contribution in [0.15, 0.2) is 42.5 Å². The average Bonchev–Trinajstić information content (AvgIpc) is 2.99. The van der Waals surface area contributed by atoms with Gasteiger partial charge in [0.1, 0.15) is 5.75 Å². The molecule has 0 aromatic heterocycles. The summed E-state index contributed by atoms with van der Waals surface area (Å²) < 4.78 is 17.6. The molecule has 0 unspecified atom stereocenters. The van der Waals surface area contributed by atoms with Crippen LogP contribution in [0.1, 0.15) is 50.2 Å². The van der Waals surface area contributed by atoms with E-state index in [4.69, 9.17) is 25.8 Å². The summed E-state index contributed by atoms with van der Waals surface area (Å²) in [7, 11) is 0. The Hall–Kier alpha value is -2.08. The largest absolute Gasteiger partial charge is 0.494 e. The summed E-state index contributed by atoms with van der Waals surface area (Å²) in [5.41, 5.74) is 2.34. The van der Waals surface area contributed by atoms with E-state index in [-0.39, 0.29) is 5.91 Å². The van der Waals surface area contributed by atoms with Gasteiger partial charge in [-0.25, -0.2) is 0 Å². The summed E-state index contributed by atoms with van der Waals surface area (Å²) in [6.45, 7) is 4.28. The van der Waals surface area contributed by atoms with Gasteiger partial charge < -0.3 is 19.1 Å². The first-order chi connectivity index (χ1) is 14.7. The minimum absolute atomic E-state index is 0.221. The molecule has 30 heavy (non-hydrogen) atoms. The number of benzene rings is 2. The predicted molar refractivity (Wildman–Crippen MR) is 117 cm³/mol. The van der Waals surface area contributed by atoms with E-state index in [9.17, 15) is 4.79 Å². The van der Waals surface area contributed by atoms with Gasteiger partial charge in [0.05, 0.1) is 37.1 Å². The van der Waals surface area contributed by atoms with Crippen LogP contribution >= 0.6 is 11.6 Å². The van der Waals surface area contributed by atoms with E-state index in [2.05, 4.69) is 6.92 Å². The smallest absolute Gasteiger partial charge is 0.292 e. The second kappa shape index (κ2) is 9.38. The third-order valence-corrected chi connectivity index (χ3v) is 5.87. The van der Waals surface area contributed by atoms with Crippen LogP contribution in [0.4, 0.5) is 5.69 Å². The van der Waals surface area contributed by atoms with Crippen LogP contribution in [-0.4, -0.2) is 25.7 Å². The van der Waals surface area contributed by atoms with Crippen molar-refractivity contribution in [3.05, 3.63) is 58.6 Å². The average molecular weight is 430 g/mol. The van der Waals surface area contributed by atoms with Crippen LogP contribution in [0, 0.1) is 0 Å². The van der Waals surface area contributed by atoms with Crippen molar-refractivity contribution in [3.63, 3.8) is 0 Å². The number of hydrogen-bond acceptors (Lipinski definition) is 4. The van der Waals surface area contributed by atoms with E-state index in [0.717, 1.165) is 30.8 Å². The molecule has 1 fully saturated rings. The van der Waals surface area contributed by atoms with Crippen molar-refractivity contribution >= 4 is 23.2 Å². The maximum atomic E-state index is 13.4. The molecule has 0 saturated carbocycles. The number of unbranched alkanes of at least 4 members (excludes halogenated alkanes) is 3. The quantitative estimate of drug-likeness (QED) is 0.524. The molecule has 0 aliphatic carbocycles. The van der Waals surface area contributed by atoms with Gasteiger partial charge in [0, 0.05) is 5.56 Å². The molecular weight excluding hydrogens is 402 g/mol. The fourth-order valence-electron chi connectivity index (χ4n) is 4.00. The third kappa shape index (κ3) is 4.07. The number of ether oxygens (including phenoxy) is 3. The molecule has 0 N–H and O–H groups in total. The van der Waals surface area contributed by atoms with E-state index in [0.29, 0.717) is 36.0 Å². The number of carbonyl (C=O) groups excluding carboxylic acids is 1. The number of halogens is 1. The minimum Gasteiger partial charge on any atom is -0.494 e. The highest BCUT2D eigenvalue weighted by atomic mass is 35.5. The van der Waals surface area contributed by atoms with Gasteiger partial charge in [-0.2, -0.15) is 0 Å². The molecule has 2 aromatic carbocycles. The Balaban J connectivity index is 1.49. The van der Waals surface area contributed by atoms with E-state index < -0.39 is 5.79 Å². The van der Waals surface area contributed by atoms with Crippen molar-refractivity contribution < 1.29 is 19.0 Å². The molecule has 2 aromatic rings. The van der Waals surface area contributed by atoms with E-state index in [1.54, 1.807) is 11.0 Å². The first kappa shape index (κ1) is 21.2. The number of anilines is 1. The van der Waals surface area contributed by atoms with Gasteiger partial charge in [-0.05, 0) is 36.6 Å². The monoisotopic (exact) mass is 429 g/mol. The summed E-state index contributed by atoms with van der Waals surface area (Å²) in [6, 6.07) is 13.3. The number of para-hydroxylation sites is 1. The Kier molecular flexibility index (Phi) is 6.61. The Morgan fingerprint density at radius 1 is 1.07 bits per heavy atom. The van der Waals surface area contributed by atoms with Crippen molar-refractivity contribution in [2.24, 2.45) is 0 Å². The van der Waals surface area contributed by atoms with Crippen LogP contribution in [0.3, 0.4) is 0 Å². The lowest BCUT2D eigenvalue weighted by Gasteiger charge is -2.32. The third-order valence-electron chi connectivity index (χ3n) is 5.57. The topological polar surface area (TPSA) is 48.0 Å². The predicted octanol–water partition coefficient (Wildman–Crippen LogP) is 5.44. The van der Waals surface area contributed by atoms with Gasteiger partial charge in [0.15, 0.2) is 0 Å². The lowest BCUT2D eigenvalue weighted by Crippen LogP contribution is -2.47. The maximum absolute atomic E-state index is 13.4. The molecule has 1 amide bonds. The van der Waals surface area contributed by atoms with Crippen molar-refractivity contribution in [3.8, 4) is 5.75 Å². The number of nitrogens with zero attached hydrogens (tertiary/aromatic N) is 1. The number of hydrogen-bond donors (Lipinski definition) is 0. The molecule has 5 nitrogen and oxygen atoms in total. The second-order valence-corrected chi connectivity index (χ2v) is 8.15. The van der Waals surface area contributed by atoms with Crippen LogP contribution in [0.25, 0.3) is 0 Å². The van der Waals surface area contributed by atoms with Crippen LogP contribution in [-0.2, 0) is 26.6 Å². The molecule has 1 spiro atoms. The Morgan fingerprint density at radius 2 is 1.83 bits per heavy atom. The maximum Gasteiger partial charge on any atom is 0.292 e. The lowest BCUT2D eigenvalue weighted by atomic mass is 10.1. The molecule has 2 aliphatic rings. The van der Waals surface area contributed by atoms with Gasteiger partial charge in [0.25, 0.3) is 11.7 Å². The molecule has 2 aliphatic heterocycles. The van der Waals surface area contributed by atoms with Gasteiger partial charge >= 0.3 is 0 Å². The number of carbonyl (C=O) groups is 1. The Morgan fingerprint density at radius 3 is 2.57 bits per heavy atom. The summed E-state index contributed by atoms with van der Waals surface area (Å²) in [4.78, 5) is 15.1. The van der Waals surface area contributed by atoms with Gasteiger partial charge in [0.2, 0.25) is 0 Å². The first-order valence-electron chi connectivity index (χ1n) is 10.8. The molecule has 2 heterocycles. The van der Waals surface area contributed by atoms with Crippen molar-refractivity contribution in [1.29, 1.82) is 0 Å². The minimum atomic E-state index is -1.37. The molecular formula is C24H28ClNO4. The van der Waals surface area contributed by atoms with Gasteiger partial charge in [-0.15, -0.1) is 0 Å². The molecule has 6 heteroatoms. The summed E-state index contributed by atoms with van der Waals surface area (Å²) in [5, 5.41) is 0.516. The fourth-order valence-corrected chi connectivity index (χ4v) is 4.28. The zero-order chi connectivity index (χ0) is 21.0. The Bertz CT molecular complexity index is 877. The van der Waals surface area contributed by atoms with E-state index >= 15 is 0 Å². The summed E-state index contributed by atoms with van der Waals surface area (Å²) in [6.07, 6.45) is 5.48. The molecule has 4 rings (SSSR count). The SMILES string of the molecule is CCCCCCOc1ccc(CN2C(=O)C3(OCCCO3)c3cccc(Cl)c32)cc1. The van der Waals surface area contributed by atoms with Crippen LogP contribution < -0.4 is 9.64 Å². The molecule has 0 atom stereocenters. The zero-order valence-electron chi connectivity index (χ0n) is 17.4. The number of fused-ring (bicyclic) bond motifs is 2. The molecule has 1 saturated heterocycles. The highest BCUT2D eigenvalue weighted by Crippen LogP contribution is 2.48. The number of rotatable bonds is 8. The molecule has 0 bridgehead atoms. The van der Waals surface area contributed by atoms with Crippen molar-refractivity contribution in [2.45, 2.75) is 51.4 Å². The van der Waals surface area contributed by atoms with Crippen molar-refractivity contribution in [2.75, 3.05) is 24.7 Å². The summed E-state index contributed by atoms with van der Waals surface area (Å²) >= 11 is 6.49. The first-order valence-corrected chi connectivity index (χ1v) is 11.1. The zero-order valence-corrected chi connectivity index (χ0v) is 18.1. The second-order valence-electron chi connectivity index (χ2n) is 7.75. The molecule has 0 radical (unpaired) electrons. The highest BCUT2D eigenvalue weighted by Gasteiger charge is 2.55. The highest BCUT2D eigenvalue weighted by molar-refractivity contribution is 6.34. The summed E-state index contributed by atoms with van der Waals surface area (Å²) in [5.74, 6) is -0.751. The van der Waals surface area contributed by atoms with Gasteiger partial charge in [-0.1, -0.05) is 62.1 Å². The van der Waals surface area contributed by atoms with Crippen molar-refractivity contribution in [1.82, 2.24) is 0 Å². The van der Waals surface area contributed by atoms with E-state index in [1.165, 1.54) is 19.3 Å². The van der Waals surface area contributed by atoms with Crippen LogP contribution in [0.5, 0.6) is 5.75 Å². The van der Waals surface area contributed by atoms with Gasteiger partial charge in [-0.3, -0.25) is 4.79 Å². The number of amides is 1. The standard InChI is InChI=1S/C24H28ClNO4/c1-2-3-4-5-14-28-19-12-10-18(11-13-19)17-26-22-20(8-6-9-21(22)25)24(23(26)27)29-15-7-16-30-24/h6,8-13H,2-5,7,14-17H2,1H3. The fraction of sp³-hybridized carbons (Fsp3) is 0.458. The molecule has 160 valence electrons. The normalized spacial score (nSPS) is 17.4. The van der Waals surface area contributed by atoms with E-state index in [1.807, 2.05) is 36.4 Å². The van der Waals surface area contributed by atoms with Crippen LogP contribution in [0.2, 0.25) is 5.02 Å². The lowest BCUT2D eigenvalue weighted by molar-refractivity contribution is -0.256.